The summed E-state index contributed by atoms with van der Waals surface area (Å²) in [5.74, 6) is 1.04. The van der Waals surface area contributed by atoms with Gasteiger partial charge in [0.1, 0.15) is 11.4 Å². The molecule has 2 aromatic carbocycles. The zero-order chi connectivity index (χ0) is 24.4. The second kappa shape index (κ2) is 9.38. The molecule has 1 fully saturated rings. The molecule has 2 aromatic heterocycles. The van der Waals surface area contributed by atoms with E-state index in [1.165, 1.54) is 14.9 Å². The number of nitrogens with zero attached hydrogens (tertiary/aromatic N) is 3. The van der Waals surface area contributed by atoms with E-state index in [0.29, 0.717) is 41.4 Å². The summed E-state index contributed by atoms with van der Waals surface area (Å²) in [6.45, 7) is -0.170. The van der Waals surface area contributed by atoms with Gasteiger partial charge in [0.25, 0.3) is 5.56 Å². The number of aromatic nitrogens is 2. The molecule has 0 radical (unpaired) electrons. The molecule has 5 rings (SSSR count). The lowest BCUT2D eigenvalue weighted by atomic mass is 10.1. The van der Waals surface area contributed by atoms with E-state index in [2.05, 4.69) is 5.16 Å². The second-order valence-corrected chi connectivity index (χ2v) is 10.2. The van der Waals surface area contributed by atoms with Crippen molar-refractivity contribution < 1.29 is 22.1 Å². The van der Waals surface area contributed by atoms with Gasteiger partial charge < -0.3 is 13.8 Å². The van der Waals surface area contributed by atoms with E-state index in [9.17, 15) is 17.6 Å². The van der Waals surface area contributed by atoms with Gasteiger partial charge in [-0.1, -0.05) is 17.3 Å². The van der Waals surface area contributed by atoms with E-state index < -0.39 is 16.9 Å². The number of hydrogen-bond acceptors (Lipinski definition) is 6. The molecule has 8 nitrogen and oxygen atoms in total. The Bertz CT molecular complexity index is 1510. The molecule has 0 atom stereocenters. The molecule has 1 aliphatic rings. The highest BCUT2D eigenvalue weighted by molar-refractivity contribution is 7.93. The van der Waals surface area contributed by atoms with Gasteiger partial charge in [0.05, 0.1) is 18.0 Å². The topological polar surface area (TPSA) is 94.6 Å². The number of rotatable bonds is 7. The number of anilines is 1. The molecule has 0 N–H and O–H groups in total. The van der Waals surface area contributed by atoms with Crippen LogP contribution in [-0.4, -0.2) is 37.3 Å². The van der Waals surface area contributed by atoms with Crippen molar-refractivity contribution in [2.45, 2.75) is 13.0 Å². The molecule has 0 bridgehead atoms. The largest absolute Gasteiger partial charge is 0.463 e. The summed E-state index contributed by atoms with van der Waals surface area (Å²) < 4.78 is 50.1. The summed E-state index contributed by atoms with van der Waals surface area (Å²) in [5.41, 5.74) is 3.23. The van der Waals surface area contributed by atoms with Crippen molar-refractivity contribution in [1.29, 1.82) is 0 Å². The number of benzene rings is 2. The molecular weight excluding hydrogens is 473 g/mol. The predicted octanol–water partition coefficient (Wildman–Crippen LogP) is 4.06. The van der Waals surface area contributed by atoms with Crippen LogP contribution in [0.15, 0.2) is 82.2 Å². The molecule has 1 saturated heterocycles. The smallest absolute Gasteiger partial charge is 0.250 e. The molecule has 0 unspecified atom stereocenters. The Morgan fingerprint density at radius 2 is 1.83 bits per heavy atom. The maximum atomic E-state index is 12.5. The molecule has 0 amide bonds. The fourth-order valence-electron chi connectivity index (χ4n) is 4.07. The SMILES string of the molecule is O=c1ccc(-c2cc(-c3ccc(OCF)cc3)no2)cn1Cc1cccc(N2CCCS2(=O)=O)c1. The van der Waals surface area contributed by atoms with E-state index in [1.54, 1.807) is 60.8 Å². The molecule has 0 saturated carbocycles. The number of alkyl halides is 1. The quantitative estimate of drug-likeness (QED) is 0.384. The molecule has 4 aromatic rings. The van der Waals surface area contributed by atoms with Gasteiger partial charge in [0.2, 0.25) is 16.9 Å². The number of hydrogen-bond donors (Lipinski definition) is 0. The Morgan fingerprint density at radius 3 is 2.57 bits per heavy atom. The minimum atomic E-state index is -3.28. The normalized spacial score (nSPS) is 14.8. The lowest BCUT2D eigenvalue weighted by Crippen LogP contribution is -2.25. The van der Waals surface area contributed by atoms with Gasteiger partial charge in [-0.25, -0.2) is 12.8 Å². The number of sulfonamides is 1. The molecule has 10 heteroatoms. The summed E-state index contributed by atoms with van der Waals surface area (Å²) in [5, 5.41) is 4.10. The van der Waals surface area contributed by atoms with Crippen molar-refractivity contribution in [2.75, 3.05) is 23.5 Å². The third-order valence-electron chi connectivity index (χ3n) is 5.80. The van der Waals surface area contributed by atoms with Crippen LogP contribution in [0.1, 0.15) is 12.0 Å². The minimum Gasteiger partial charge on any atom is -0.463 e. The van der Waals surface area contributed by atoms with Crippen LogP contribution in [-0.2, 0) is 16.6 Å². The Balaban J connectivity index is 1.39. The van der Waals surface area contributed by atoms with Gasteiger partial charge in [-0.3, -0.25) is 9.10 Å². The maximum absolute atomic E-state index is 12.5. The van der Waals surface area contributed by atoms with Crippen LogP contribution < -0.4 is 14.6 Å². The number of ether oxygens (including phenoxy) is 1. The molecule has 3 heterocycles. The van der Waals surface area contributed by atoms with E-state index in [4.69, 9.17) is 9.26 Å². The summed E-state index contributed by atoms with van der Waals surface area (Å²) in [6.07, 6.45) is 2.28. The van der Waals surface area contributed by atoms with Crippen LogP contribution >= 0.6 is 0 Å². The van der Waals surface area contributed by atoms with E-state index >= 15 is 0 Å². The van der Waals surface area contributed by atoms with Crippen molar-refractivity contribution in [2.24, 2.45) is 0 Å². The highest BCUT2D eigenvalue weighted by atomic mass is 32.2. The fourth-order valence-corrected chi connectivity index (χ4v) is 5.63. The van der Waals surface area contributed by atoms with Crippen LogP contribution in [0.25, 0.3) is 22.6 Å². The minimum absolute atomic E-state index is 0.146. The van der Waals surface area contributed by atoms with E-state index in [-0.39, 0.29) is 17.9 Å². The first-order valence-corrected chi connectivity index (χ1v) is 12.6. The lowest BCUT2D eigenvalue weighted by molar-refractivity contribution is 0.192. The molecular formula is C25H22FN3O5S. The number of halogens is 1. The summed E-state index contributed by atoms with van der Waals surface area (Å²) >= 11 is 0. The Labute approximate surface area is 201 Å². The average molecular weight is 496 g/mol. The highest BCUT2D eigenvalue weighted by Crippen LogP contribution is 2.28. The van der Waals surface area contributed by atoms with Crippen LogP contribution in [0.2, 0.25) is 0 Å². The standard InChI is InChI=1S/C25H22FN3O5S/c26-17-33-22-8-5-19(6-9-22)23-14-24(34-27-23)20-7-10-25(30)28(16-20)15-18-3-1-4-21(13-18)29-11-2-12-35(29,31)32/h1,3-10,13-14,16H,2,11-12,15,17H2. The van der Waals surface area contributed by atoms with E-state index in [0.717, 1.165) is 11.1 Å². The lowest BCUT2D eigenvalue weighted by Gasteiger charge is -2.18. The van der Waals surface area contributed by atoms with Gasteiger partial charge in [0, 0.05) is 36.0 Å². The molecule has 180 valence electrons. The molecule has 0 spiro atoms. The third kappa shape index (κ3) is 4.83. The van der Waals surface area contributed by atoms with Crippen molar-refractivity contribution in [3.05, 3.63) is 88.8 Å². The number of pyridine rings is 1. The van der Waals surface area contributed by atoms with E-state index in [1.807, 2.05) is 6.07 Å². The summed E-state index contributed by atoms with van der Waals surface area (Å²) in [6, 6.07) is 18.9. The monoisotopic (exact) mass is 495 g/mol. The van der Waals surface area contributed by atoms with Crippen LogP contribution in [0.4, 0.5) is 10.1 Å². The van der Waals surface area contributed by atoms with Crippen LogP contribution in [0, 0.1) is 0 Å². The fraction of sp³-hybridized carbons (Fsp3) is 0.200. The highest BCUT2D eigenvalue weighted by Gasteiger charge is 2.28. The van der Waals surface area contributed by atoms with Gasteiger partial charge in [-0.05, 0) is 54.4 Å². The summed E-state index contributed by atoms with van der Waals surface area (Å²) in [4.78, 5) is 12.5. The molecule has 0 aliphatic carbocycles. The Morgan fingerprint density at radius 1 is 1.03 bits per heavy atom. The third-order valence-corrected chi connectivity index (χ3v) is 7.67. The van der Waals surface area contributed by atoms with Gasteiger partial charge in [-0.15, -0.1) is 0 Å². The molecule has 35 heavy (non-hydrogen) atoms. The average Bonchev–Trinajstić information content (AvgIpc) is 3.48. The Hall–Kier alpha value is -3.92. The van der Waals surface area contributed by atoms with Crippen LogP contribution in [0.5, 0.6) is 5.75 Å². The Kier molecular flexibility index (Phi) is 6.12. The first-order valence-electron chi connectivity index (χ1n) is 11.0. The summed E-state index contributed by atoms with van der Waals surface area (Å²) in [7, 11) is -3.28. The zero-order valence-corrected chi connectivity index (χ0v) is 19.4. The predicted molar refractivity (Wildman–Crippen MR) is 130 cm³/mol. The van der Waals surface area contributed by atoms with Crippen molar-refractivity contribution >= 4 is 15.7 Å². The van der Waals surface area contributed by atoms with Crippen molar-refractivity contribution in [1.82, 2.24) is 9.72 Å². The van der Waals surface area contributed by atoms with Crippen molar-refractivity contribution in [3.8, 4) is 28.3 Å². The van der Waals surface area contributed by atoms with Crippen molar-refractivity contribution in [3.63, 3.8) is 0 Å². The maximum Gasteiger partial charge on any atom is 0.250 e. The second-order valence-electron chi connectivity index (χ2n) is 8.15. The van der Waals surface area contributed by atoms with Crippen LogP contribution in [0.3, 0.4) is 0 Å². The van der Waals surface area contributed by atoms with Gasteiger partial charge in [-0.2, -0.15) is 0 Å². The van der Waals surface area contributed by atoms with Gasteiger partial charge >= 0.3 is 0 Å². The van der Waals surface area contributed by atoms with Gasteiger partial charge in [0.15, 0.2) is 5.76 Å². The first kappa shape index (κ1) is 22.9. The molecule has 1 aliphatic heterocycles. The zero-order valence-electron chi connectivity index (χ0n) is 18.6. The first-order chi connectivity index (χ1) is 16.9.